The summed E-state index contributed by atoms with van der Waals surface area (Å²) in [5.41, 5.74) is 0. The van der Waals surface area contributed by atoms with E-state index in [0.29, 0.717) is 0 Å². The van der Waals surface area contributed by atoms with E-state index in [4.69, 9.17) is 4.74 Å². The van der Waals surface area contributed by atoms with Gasteiger partial charge in [0.05, 0.1) is 13.7 Å². The summed E-state index contributed by atoms with van der Waals surface area (Å²) in [6.45, 7) is 5.76. The van der Waals surface area contributed by atoms with Gasteiger partial charge in [-0.2, -0.15) is 0 Å². The zero-order valence-corrected chi connectivity index (χ0v) is 12.7. The van der Waals surface area contributed by atoms with Crippen molar-refractivity contribution in [2.24, 2.45) is 5.92 Å². The molecule has 0 fully saturated rings. The third-order valence-corrected chi connectivity index (χ3v) is 3.14. The van der Waals surface area contributed by atoms with Crippen LogP contribution in [0.3, 0.4) is 0 Å². The minimum Gasteiger partial charge on any atom is -0.467 e. The summed E-state index contributed by atoms with van der Waals surface area (Å²) in [6.07, 6.45) is 0.801. The Morgan fingerprint density at radius 1 is 1.37 bits per heavy atom. The third-order valence-electron chi connectivity index (χ3n) is 3.14. The number of rotatable bonds is 9. The molecule has 112 valence electrons. The molecule has 0 rings (SSSR count). The van der Waals surface area contributed by atoms with Gasteiger partial charge in [0.2, 0.25) is 5.91 Å². The first-order valence-electron chi connectivity index (χ1n) is 6.66. The number of nitrogens with one attached hydrogen (secondary N) is 2. The van der Waals surface area contributed by atoms with Crippen molar-refractivity contribution in [1.82, 2.24) is 15.5 Å². The van der Waals surface area contributed by atoms with Gasteiger partial charge in [0, 0.05) is 13.1 Å². The Kier molecular flexibility index (Phi) is 9.16. The van der Waals surface area contributed by atoms with Gasteiger partial charge in [0.1, 0.15) is 6.04 Å². The Hall–Kier alpha value is -1.14. The molecule has 2 atom stereocenters. The van der Waals surface area contributed by atoms with Crippen LogP contribution in [0, 0.1) is 5.92 Å². The summed E-state index contributed by atoms with van der Waals surface area (Å²) >= 11 is 0. The molecule has 1 amide bonds. The Morgan fingerprint density at radius 3 is 2.47 bits per heavy atom. The second kappa shape index (κ2) is 9.75. The first-order valence-corrected chi connectivity index (χ1v) is 6.66. The van der Waals surface area contributed by atoms with Crippen LogP contribution >= 0.6 is 0 Å². The molecule has 0 aromatic carbocycles. The lowest BCUT2D eigenvalue weighted by Crippen LogP contribution is -2.49. The zero-order chi connectivity index (χ0) is 14.8. The summed E-state index contributed by atoms with van der Waals surface area (Å²) in [5, 5.41) is 5.77. The number of hydrogen-bond acceptors (Lipinski definition) is 5. The van der Waals surface area contributed by atoms with Crippen LogP contribution in [0.5, 0.6) is 0 Å². The molecular weight excluding hydrogens is 246 g/mol. The zero-order valence-electron chi connectivity index (χ0n) is 12.7. The molecule has 0 saturated carbocycles. The predicted molar refractivity (Wildman–Crippen MR) is 74.8 cm³/mol. The van der Waals surface area contributed by atoms with Crippen molar-refractivity contribution < 1.29 is 14.3 Å². The molecular formula is C13H27N3O3. The number of methoxy groups -OCH3 is 1. The maximum absolute atomic E-state index is 11.9. The standard InChI is InChI=1S/C13H27N3O3/c1-6-10(2)12(13(18)19-5)15-11(17)9-16(4)8-7-14-3/h10,12,14H,6-9H2,1-5H3,(H,15,17). The minimum atomic E-state index is -0.569. The van der Waals surface area contributed by atoms with Gasteiger partial charge in [-0.3, -0.25) is 9.69 Å². The first kappa shape index (κ1) is 17.9. The molecule has 0 aliphatic carbocycles. The highest BCUT2D eigenvalue weighted by Gasteiger charge is 2.26. The van der Waals surface area contributed by atoms with Crippen molar-refractivity contribution in [2.75, 3.05) is 40.8 Å². The number of hydrogen-bond donors (Lipinski definition) is 2. The largest absolute Gasteiger partial charge is 0.467 e. The molecule has 6 heteroatoms. The average Bonchev–Trinajstić information content (AvgIpc) is 2.40. The van der Waals surface area contributed by atoms with Crippen molar-refractivity contribution in [1.29, 1.82) is 0 Å². The Balaban J connectivity index is 4.34. The van der Waals surface area contributed by atoms with E-state index in [1.807, 2.05) is 32.8 Å². The van der Waals surface area contributed by atoms with Crippen LogP contribution in [0.25, 0.3) is 0 Å². The van der Waals surface area contributed by atoms with Crippen LogP contribution in [-0.2, 0) is 14.3 Å². The molecule has 0 aromatic rings. The number of ether oxygens (including phenoxy) is 1. The van der Waals surface area contributed by atoms with E-state index >= 15 is 0 Å². The number of carbonyl (C=O) groups excluding carboxylic acids is 2. The van der Waals surface area contributed by atoms with Gasteiger partial charge in [0.15, 0.2) is 0 Å². The lowest BCUT2D eigenvalue weighted by molar-refractivity contribution is -0.146. The van der Waals surface area contributed by atoms with Gasteiger partial charge in [0.25, 0.3) is 0 Å². The maximum atomic E-state index is 11.9. The van der Waals surface area contributed by atoms with Crippen molar-refractivity contribution in [3.8, 4) is 0 Å². The van der Waals surface area contributed by atoms with E-state index in [9.17, 15) is 9.59 Å². The van der Waals surface area contributed by atoms with Crippen molar-refractivity contribution in [3.05, 3.63) is 0 Å². The lowest BCUT2D eigenvalue weighted by Gasteiger charge is -2.23. The Bertz CT molecular complexity index is 284. The molecule has 2 N–H and O–H groups in total. The molecule has 0 radical (unpaired) electrons. The van der Waals surface area contributed by atoms with Gasteiger partial charge in [-0.25, -0.2) is 4.79 Å². The van der Waals surface area contributed by atoms with E-state index in [2.05, 4.69) is 10.6 Å². The molecule has 0 aliphatic heterocycles. The van der Waals surface area contributed by atoms with E-state index in [1.54, 1.807) is 0 Å². The Labute approximate surface area is 115 Å². The Morgan fingerprint density at radius 2 is 2.00 bits per heavy atom. The van der Waals surface area contributed by atoms with E-state index in [0.717, 1.165) is 19.5 Å². The second-order valence-electron chi connectivity index (χ2n) is 4.80. The molecule has 0 bridgehead atoms. The number of amides is 1. The maximum Gasteiger partial charge on any atom is 0.328 e. The fourth-order valence-corrected chi connectivity index (χ4v) is 1.64. The van der Waals surface area contributed by atoms with Crippen molar-refractivity contribution in [2.45, 2.75) is 26.3 Å². The molecule has 0 aromatic heterocycles. The SMILES string of the molecule is CCC(C)C(NC(=O)CN(C)CCNC)C(=O)OC. The monoisotopic (exact) mass is 273 g/mol. The molecule has 0 spiro atoms. The first-order chi connectivity index (χ1) is 8.96. The molecule has 0 aliphatic rings. The number of carbonyl (C=O) groups is 2. The summed E-state index contributed by atoms with van der Waals surface area (Å²) in [5.74, 6) is -0.492. The number of esters is 1. The van der Waals surface area contributed by atoms with Crippen LogP contribution < -0.4 is 10.6 Å². The highest BCUT2D eigenvalue weighted by atomic mass is 16.5. The number of likely N-dealkylation sites (N-methyl/N-ethyl adjacent to an activating group) is 2. The van der Waals surface area contributed by atoms with E-state index in [1.165, 1.54) is 7.11 Å². The smallest absolute Gasteiger partial charge is 0.328 e. The van der Waals surface area contributed by atoms with Gasteiger partial charge in [-0.05, 0) is 20.0 Å². The van der Waals surface area contributed by atoms with Crippen LogP contribution in [-0.4, -0.2) is 63.7 Å². The van der Waals surface area contributed by atoms with E-state index < -0.39 is 6.04 Å². The van der Waals surface area contributed by atoms with Crippen LogP contribution in [0.4, 0.5) is 0 Å². The minimum absolute atomic E-state index is 0.0546. The highest BCUT2D eigenvalue weighted by molar-refractivity contribution is 5.85. The lowest BCUT2D eigenvalue weighted by atomic mass is 9.99. The summed E-state index contributed by atoms with van der Waals surface area (Å²) in [7, 11) is 5.07. The van der Waals surface area contributed by atoms with Crippen molar-refractivity contribution in [3.63, 3.8) is 0 Å². The van der Waals surface area contributed by atoms with E-state index in [-0.39, 0.29) is 24.3 Å². The van der Waals surface area contributed by atoms with Crippen molar-refractivity contribution >= 4 is 11.9 Å². The molecule has 2 unspecified atom stereocenters. The molecule has 19 heavy (non-hydrogen) atoms. The third kappa shape index (κ3) is 7.12. The molecule has 0 saturated heterocycles. The highest BCUT2D eigenvalue weighted by Crippen LogP contribution is 2.09. The van der Waals surface area contributed by atoms with Crippen LogP contribution in [0.2, 0.25) is 0 Å². The number of nitrogens with zero attached hydrogens (tertiary/aromatic N) is 1. The van der Waals surface area contributed by atoms with Crippen LogP contribution in [0.15, 0.2) is 0 Å². The quantitative estimate of drug-likeness (QED) is 0.571. The second-order valence-corrected chi connectivity index (χ2v) is 4.80. The fourth-order valence-electron chi connectivity index (χ4n) is 1.64. The fraction of sp³-hybridized carbons (Fsp3) is 0.846. The van der Waals surface area contributed by atoms with Gasteiger partial charge < -0.3 is 15.4 Å². The predicted octanol–water partition coefficient (Wildman–Crippen LogP) is -0.158. The van der Waals surface area contributed by atoms with Crippen LogP contribution in [0.1, 0.15) is 20.3 Å². The molecule has 0 heterocycles. The summed E-state index contributed by atoms with van der Waals surface area (Å²) < 4.78 is 4.73. The van der Waals surface area contributed by atoms with Gasteiger partial charge in [-0.15, -0.1) is 0 Å². The van der Waals surface area contributed by atoms with Gasteiger partial charge >= 0.3 is 5.97 Å². The average molecular weight is 273 g/mol. The summed E-state index contributed by atoms with van der Waals surface area (Å²) in [4.78, 5) is 25.4. The van der Waals surface area contributed by atoms with Gasteiger partial charge in [-0.1, -0.05) is 20.3 Å². The molecule has 6 nitrogen and oxygen atoms in total. The topological polar surface area (TPSA) is 70.7 Å². The normalized spacial score (nSPS) is 14.0. The summed E-state index contributed by atoms with van der Waals surface area (Å²) in [6, 6.07) is -0.569.